The highest BCUT2D eigenvalue weighted by molar-refractivity contribution is 7.98. The number of aromatic nitrogens is 1. The van der Waals surface area contributed by atoms with Gasteiger partial charge in [-0.3, -0.25) is 4.79 Å². The number of nitrogens with one attached hydrogen (secondary N) is 1. The molecule has 0 aliphatic carbocycles. The number of nitrogens with zero attached hydrogens (tertiary/aromatic N) is 1. The van der Waals surface area contributed by atoms with Gasteiger partial charge in [-0.25, -0.2) is 9.37 Å². The Kier molecular flexibility index (Phi) is 4.68. The van der Waals surface area contributed by atoms with Gasteiger partial charge in [-0.2, -0.15) is 0 Å². The van der Waals surface area contributed by atoms with E-state index in [9.17, 15) is 9.18 Å². The Balaban J connectivity index is 1.39. The lowest BCUT2D eigenvalue weighted by atomic mass is 10.2. The lowest BCUT2D eigenvalue weighted by Crippen LogP contribution is -2.10. The van der Waals surface area contributed by atoms with Crippen molar-refractivity contribution < 1.29 is 18.0 Å². The number of fused-ring (bicyclic) bond motifs is 1. The smallest absolute Gasteiger partial charge is 0.291 e. The van der Waals surface area contributed by atoms with Gasteiger partial charge in [0.05, 0.1) is 5.75 Å². The van der Waals surface area contributed by atoms with Crippen LogP contribution in [0.1, 0.15) is 21.9 Å². The Morgan fingerprint density at radius 2 is 1.93 bits per heavy atom. The molecule has 0 bridgehead atoms. The van der Waals surface area contributed by atoms with E-state index in [1.165, 1.54) is 36.0 Å². The standard InChI is InChI=1S/C20H15FN2O3S/c1-12-2-8-16-18(10-12)26-20(23-16)27-11-15-7-9-17(25-15)19(24)22-14-5-3-13(21)4-6-14/h2-10H,11H2,1H3,(H,22,24). The molecule has 0 saturated heterocycles. The van der Waals surface area contributed by atoms with E-state index in [4.69, 9.17) is 8.83 Å². The van der Waals surface area contributed by atoms with Gasteiger partial charge < -0.3 is 14.2 Å². The Morgan fingerprint density at radius 3 is 2.74 bits per heavy atom. The lowest BCUT2D eigenvalue weighted by Gasteiger charge is -2.02. The van der Waals surface area contributed by atoms with Gasteiger partial charge in [0.15, 0.2) is 11.3 Å². The number of carbonyl (C=O) groups excluding carboxylic acids is 1. The van der Waals surface area contributed by atoms with Gasteiger partial charge in [0.1, 0.15) is 17.1 Å². The summed E-state index contributed by atoms with van der Waals surface area (Å²) in [6, 6.07) is 14.7. The van der Waals surface area contributed by atoms with Gasteiger partial charge in [0.25, 0.3) is 11.1 Å². The van der Waals surface area contributed by atoms with E-state index >= 15 is 0 Å². The molecule has 1 N–H and O–H groups in total. The fourth-order valence-corrected chi connectivity index (χ4v) is 3.24. The first kappa shape index (κ1) is 17.4. The zero-order valence-electron chi connectivity index (χ0n) is 14.4. The summed E-state index contributed by atoms with van der Waals surface area (Å²) in [6.07, 6.45) is 0. The molecule has 0 aliphatic rings. The molecular formula is C20H15FN2O3S. The molecule has 0 atom stereocenters. The third kappa shape index (κ3) is 4.03. The van der Waals surface area contributed by atoms with Crippen LogP contribution in [0.5, 0.6) is 0 Å². The number of carbonyl (C=O) groups is 1. The van der Waals surface area contributed by atoms with Crippen molar-refractivity contribution in [2.45, 2.75) is 17.9 Å². The molecular weight excluding hydrogens is 367 g/mol. The van der Waals surface area contributed by atoms with Crippen molar-refractivity contribution in [2.75, 3.05) is 5.32 Å². The highest BCUT2D eigenvalue weighted by Crippen LogP contribution is 2.27. The molecule has 0 saturated carbocycles. The molecule has 136 valence electrons. The summed E-state index contributed by atoms with van der Waals surface area (Å²) < 4.78 is 24.2. The molecule has 0 fully saturated rings. The van der Waals surface area contributed by atoms with Crippen LogP contribution in [0, 0.1) is 12.7 Å². The van der Waals surface area contributed by atoms with Crippen LogP contribution in [-0.2, 0) is 5.75 Å². The van der Waals surface area contributed by atoms with Crippen LogP contribution in [0.15, 0.2) is 68.7 Å². The van der Waals surface area contributed by atoms with Crippen molar-refractivity contribution in [2.24, 2.45) is 0 Å². The maximum absolute atomic E-state index is 12.9. The number of furan rings is 1. The SMILES string of the molecule is Cc1ccc2nc(SCc3ccc(C(=O)Nc4ccc(F)cc4)o3)oc2c1. The highest BCUT2D eigenvalue weighted by Gasteiger charge is 2.13. The predicted molar refractivity (Wildman–Crippen MR) is 101 cm³/mol. The van der Waals surface area contributed by atoms with Gasteiger partial charge in [-0.1, -0.05) is 17.8 Å². The van der Waals surface area contributed by atoms with Crippen molar-refractivity contribution >= 4 is 34.5 Å². The third-order valence-electron chi connectivity index (χ3n) is 3.85. The number of hydrogen-bond donors (Lipinski definition) is 1. The number of benzene rings is 2. The zero-order valence-corrected chi connectivity index (χ0v) is 15.2. The Hall–Kier alpha value is -3.06. The largest absolute Gasteiger partial charge is 0.455 e. The van der Waals surface area contributed by atoms with Gasteiger partial charge in [-0.15, -0.1) is 0 Å². The normalized spacial score (nSPS) is 11.0. The number of hydrogen-bond acceptors (Lipinski definition) is 5. The second kappa shape index (κ2) is 7.28. The summed E-state index contributed by atoms with van der Waals surface area (Å²) in [5.74, 6) is 0.538. The molecule has 27 heavy (non-hydrogen) atoms. The summed E-state index contributed by atoms with van der Waals surface area (Å²) in [4.78, 5) is 16.6. The first-order valence-corrected chi connectivity index (χ1v) is 9.21. The van der Waals surface area contributed by atoms with Gasteiger partial charge in [-0.05, 0) is 61.0 Å². The maximum Gasteiger partial charge on any atom is 0.291 e. The van der Waals surface area contributed by atoms with E-state index in [0.29, 0.717) is 22.4 Å². The summed E-state index contributed by atoms with van der Waals surface area (Å²) in [7, 11) is 0. The average Bonchev–Trinajstić information content (AvgIpc) is 3.28. The number of amides is 1. The fraction of sp³-hybridized carbons (Fsp3) is 0.100. The number of halogens is 1. The van der Waals surface area contributed by atoms with Gasteiger partial charge in [0.2, 0.25) is 0 Å². The summed E-state index contributed by atoms with van der Waals surface area (Å²) in [6.45, 7) is 2.00. The second-order valence-electron chi connectivity index (χ2n) is 5.97. The van der Waals surface area contributed by atoms with E-state index in [1.54, 1.807) is 12.1 Å². The van der Waals surface area contributed by atoms with Crippen LogP contribution in [0.2, 0.25) is 0 Å². The van der Waals surface area contributed by atoms with Crippen LogP contribution >= 0.6 is 11.8 Å². The maximum atomic E-state index is 12.9. The van der Waals surface area contributed by atoms with Crippen LogP contribution in [0.3, 0.4) is 0 Å². The number of oxazole rings is 1. The molecule has 0 aliphatic heterocycles. The van der Waals surface area contributed by atoms with Crippen molar-refractivity contribution in [3.63, 3.8) is 0 Å². The number of aryl methyl sites for hydroxylation is 1. The minimum atomic E-state index is -0.393. The van der Waals surface area contributed by atoms with E-state index in [0.717, 1.165) is 16.7 Å². The molecule has 4 aromatic rings. The van der Waals surface area contributed by atoms with Crippen LogP contribution in [0.4, 0.5) is 10.1 Å². The molecule has 0 spiro atoms. The van der Waals surface area contributed by atoms with Crippen molar-refractivity contribution in [1.29, 1.82) is 0 Å². The molecule has 0 unspecified atom stereocenters. The van der Waals surface area contributed by atoms with Crippen LogP contribution in [0.25, 0.3) is 11.1 Å². The molecule has 7 heteroatoms. The summed E-state index contributed by atoms with van der Waals surface area (Å²) in [5, 5.41) is 3.20. The van der Waals surface area contributed by atoms with Crippen molar-refractivity contribution in [1.82, 2.24) is 4.98 Å². The van der Waals surface area contributed by atoms with E-state index in [-0.39, 0.29) is 11.6 Å². The first-order valence-electron chi connectivity index (χ1n) is 8.22. The Bertz CT molecular complexity index is 1100. The fourth-order valence-electron chi connectivity index (χ4n) is 2.51. The third-order valence-corrected chi connectivity index (χ3v) is 4.70. The number of thioether (sulfide) groups is 1. The minimum Gasteiger partial charge on any atom is -0.455 e. The monoisotopic (exact) mass is 382 g/mol. The second-order valence-corrected chi connectivity index (χ2v) is 6.89. The van der Waals surface area contributed by atoms with Gasteiger partial charge in [0, 0.05) is 5.69 Å². The van der Waals surface area contributed by atoms with E-state index < -0.39 is 5.91 Å². The molecule has 0 radical (unpaired) electrons. The van der Waals surface area contributed by atoms with Crippen LogP contribution in [-0.4, -0.2) is 10.9 Å². The molecule has 1 amide bonds. The average molecular weight is 382 g/mol. The Morgan fingerprint density at radius 1 is 1.11 bits per heavy atom. The number of anilines is 1. The molecule has 2 aromatic heterocycles. The quantitative estimate of drug-likeness (QED) is 0.467. The van der Waals surface area contributed by atoms with Crippen molar-refractivity contribution in [3.8, 4) is 0 Å². The lowest BCUT2D eigenvalue weighted by molar-refractivity contribution is 0.0995. The van der Waals surface area contributed by atoms with E-state index in [1.807, 2.05) is 25.1 Å². The topological polar surface area (TPSA) is 68.3 Å². The zero-order chi connectivity index (χ0) is 18.8. The summed E-state index contributed by atoms with van der Waals surface area (Å²) in [5.41, 5.74) is 3.16. The molecule has 5 nitrogen and oxygen atoms in total. The van der Waals surface area contributed by atoms with E-state index in [2.05, 4.69) is 10.3 Å². The molecule has 2 aromatic carbocycles. The number of rotatable bonds is 5. The minimum absolute atomic E-state index is 0.183. The molecule has 4 rings (SSSR count). The van der Waals surface area contributed by atoms with Crippen LogP contribution < -0.4 is 5.32 Å². The highest BCUT2D eigenvalue weighted by atomic mass is 32.2. The van der Waals surface area contributed by atoms with Crippen molar-refractivity contribution in [3.05, 3.63) is 77.5 Å². The molecule has 2 heterocycles. The predicted octanol–water partition coefficient (Wildman–Crippen LogP) is 5.41. The Labute approximate surface area is 158 Å². The summed E-state index contributed by atoms with van der Waals surface area (Å²) >= 11 is 1.39. The first-order chi connectivity index (χ1) is 13.1. The van der Waals surface area contributed by atoms with Gasteiger partial charge >= 0.3 is 0 Å².